The second-order valence-corrected chi connectivity index (χ2v) is 7.66. The van der Waals surface area contributed by atoms with Crippen LogP contribution in [0, 0.1) is 20.8 Å². The highest BCUT2D eigenvalue weighted by atomic mass is 32.2. The molecular weight excluding hydrogens is 372 g/mol. The van der Waals surface area contributed by atoms with Gasteiger partial charge in [0.05, 0.1) is 11.1 Å². The summed E-state index contributed by atoms with van der Waals surface area (Å²) in [6, 6.07) is 9.66. The molecule has 0 aliphatic carbocycles. The van der Waals surface area contributed by atoms with Crippen LogP contribution in [0.15, 0.2) is 36.4 Å². The van der Waals surface area contributed by atoms with Gasteiger partial charge in [0, 0.05) is 0 Å². The average Bonchev–Trinajstić information content (AvgIpc) is 2.56. The first kappa shape index (κ1) is 20.6. The summed E-state index contributed by atoms with van der Waals surface area (Å²) in [5, 5.41) is 0. The third-order valence-electron chi connectivity index (χ3n) is 3.74. The van der Waals surface area contributed by atoms with Crippen LogP contribution < -0.4 is 4.74 Å². The fraction of sp³-hybridized carbons (Fsp3) is 0.263. The molecule has 144 valence electrons. The maximum Gasteiger partial charge on any atom is 0.344 e. The molecule has 27 heavy (non-hydrogen) atoms. The van der Waals surface area contributed by atoms with E-state index in [2.05, 4.69) is 0 Å². The Morgan fingerprint density at radius 3 is 2.00 bits per heavy atom. The van der Waals surface area contributed by atoms with E-state index in [0.717, 1.165) is 16.7 Å². The molecule has 0 spiro atoms. The van der Waals surface area contributed by atoms with Crippen molar-refractivity contribution < 1.29 is 32.0 Å². The topological polar surface area (TPSA) is 107 Å². The van der Waals surface area contributed by atoms with Crippen LogP contribution in [-0.4, -0.2) is 37.3 Å². The van der Waals surface area contributed by atoms with E-state index in [1.165, 1.54) is 12.1 Å². The maximum atomic E-state index is 12.6. The molecule has 7 nitrogen and oxygen atoms in total. The van der Waals surface area contributed by atoms with Gasteiger partial charge >= 0.3 is 11.9 Å². The Labute approximate surface area is 157 Å². The van der Waals surface area contributed by atoms with Crippen molar-refractivity contribution in [1.82, 2.24) is 0 Å². The summed E-state index contributed by atoms with van der Waals surface area (Å²) in [4.78, 5) is 24.8. The number of rotatable bonds is 6. The van der Waals surface area contributed by atoms with E-state index in [1.807, 2.05) is 32.9 Å². The van der Waals surface area contributed by atoms with Gasteiger partial charge < -0.3 is 9.47 Å². The molecule has 0 fully saturated rings. The molecule has 2 aromatic carbocycles. The van der Waals surface area contributed by atoms with E-state index in [9.17, 15) is 18.0 Å². The lowest BCUT2D eigenvalue weighted by Crippen LogP contribution is -2.19. The highest BCUT2D eigenvalue weighted by Gasteiger charge is 2.21. The molecule has 0 aliphatic rings. The number of aryl methyl sites for hydroxylation is 3. The summed E-state index contributed by atoms with van der Waals surface area (Å²) in [5.41, 5.74) is 2.55. The number of hydrogen-bond acceptors (Lipinski definition) is 6. The van der Waals surface area contributed by atoms with Crippen molar-refractivity contribution >= 4 is 22.1 Å². The molecule has 0 heterocycles. The Hall–Kier alpha value is -2.71. The molecule has 0 aliphatic heterocycles. The standard InChI is InChI=1S/C19H20O7S/c1-12-10-13(2)17(14(3)11-12)26-19(21)16-7-5-4-6-15(16)18(20)25-8-9-27(22,23)24/h4-7,10-11H,8-9H2,1-3H3,(H,22,23,24). The smallest absolute Gasteiger partial charge is 0.344 e. The molecule has 0 unspecified atom stereocenters. The highest BCUT2D eigenvalue weighted by molar-refractivity contribution is 7.85. The van der Waals surface area contributed by atoms with Crippen LogP contribution in [0.4, 0.5) is 0 Å². The molecule has 0 aromatic heterocycles. The van der Waals surface area contributed by atoms with Crippen LogP contribution in [0.3, 0.4) is 0 Å². The largest absolute Gasteiger partial charge is 0.461 e. The van der Waals surface area contributed by atoms with Crippen molar-refractivity contribution in [2.24, 2.45) is 0 Å². The number of benzene rings is 2. The number of ether oxygens (including phenoxy) is 2. The van der Waals surface area contributed by atoms with E-state index in [4.69, 9.17) is 14.0 Å². The first-order chi connectivity index (χ1) is 12.6. The van der Waals surface area contributed by atoms with Gasteiger partial charge in [0.15, 0.2) is 0 Å². The zero-order valence-electron chi connectivity index (χ0n) is 15.2. The fourth-order valence-electron chi connectivity index (χ4n) is 2.63. The van der Waals surface area contributed by atoms with Gasteiger partial charge in [-0.05, 0) is 44.0 Å². The first-order valence-corrected chi connectivity index (χ1v) is 9.71. The molecule has 0 radical (unpaired) electrons. The molecule has 1 N–H and O–H groups in total. The lowest BCUT2D eigenvalue weighted by molar-refractivity contribution is 0.0518. The van der Waals surface area contributed by atoms with Crippen molar-refractivity contribution in [1.29, 1.82) is 0 Å². The van der Waals surface area contributed by atoms with E-state index in [1.54, 1.807) is 12.1 Å². The molecule has 0 atom stereocenters. The van der Waals surface area contributed by atoms with Gasteiger partial charge in [0.2, 0.25) is 0 Å². The normalized spacial score (nSPS) is 11.1. The number of esters is 2. The number of hydrogen-bond donors (Lipinski definition) is 1. The monoisotopic (exact) mass is 392 g/mol. The van der Waals surface area contributed by atoms with Crippen molar-refractivity contribution in [3.63, 3.8) is 0 Å². The van der Waals surface area contributed by atoms with E-state index in [0.29, 0.717) is 5.75 Å². The van der Waals surface area contributed by atoms with E-state index >= 15 is 0 Å². The van der Waals surface area contributed by atoms with E-state index in [-0.39, 0.29) is 11.1 Å². The van der Waals surface area contributed by atoms with Gasteiger partial charge in [-0.1, -0.05) is 29.8 Å². The third-order valence-corrected chi connectivity index (χ3v) is 4.42. The van der Waals surface area contributed by atoms with E-state index < -0.39 is 34.4 Å². The van der Waals surface area contributed by atoms with Crippen LogP contribution in [-0.2, 0) is 14.9 Å². The predicted octanol–water partition coefficient (Wildman–Crippen LogP) is 2.88. The van der Waals surface area contributed by atoms with Crippen LogP contribution in [0.1, 0.15) is 37.4 Å². The van der Waals surface area contributed by atoms with Gasteiger partial charge in [0.25, 0.3) is 10.1 Å². The quantitative estimate of drug-likeness (QED) is 0.457. The zero-order chi connectivity index (χ0) is 20.2. The summed E-state index contributed by atoms with van der Waals surface area (Å²) in [6.07, 6.45) is 0. The van der Waals surface area contributed by atoms with Crippen LogP contribution in [0.5, 0.6) is 5.75 Å². The van der Waals surface area contributed by atoms with Crippen LogP contribution in [0.25, 0.3) is 0 Å². The summed E-state index contributed by atoms with van der Waals surface area (Å²) in [7, 11) is -4.25. The maximum absolute atomic E-state index is 12.6. The van der Waals surface area contributed by atoms with Gasteiger partial charge in [-0.25, -0.2) is 9.59 Å². The second-order valence-electron chi connectivity index (χ2n) is 6.08. The second kappa shape index (κ2) is 8.32. The Morgan fingerprint density at radius 1 is 0.963 bits per heavy atom. The van der Waals surface area contributed by atoms with Crippen LogP contribution >= 0.6 is 0 Å². The Bertz CT molecular complexity index is 954. The van der Waals surface area contributed by atoms with Crippen molar-refractivity contribution in [3.8, 4) is 5.75 Å². The van der Waals surface area contributed by atoms with Crippen LogP contribution in [0.2, 0.25) is 0 Å². The Balaban J connectivity index is 2.22. The molecule has 0 saturated heterocycles. The number of carbonyl (C=O) groups is 2. The fourth-order valence-corrected chi connectivity index (χ4v) is 2.93. The summed E-state index contributed by atoms with van der Waals surface area (Å²) in [5.74, 6) is -1.93. The molecular formula is C19H20O7S. The molecule has 0 saturated carbocycles. The third kappa shape index (κ3) is 5.63. The Morgan fingerprint density at radius 2 is 1.48 bits per heavy atom. The summed E-state index contributed by atoms with van der Waals surface area (Å²) in [6.45, 7) is 5.04. The summed E-state index contributed by atoms with van der Waals surface area (Å²) < 4.78 is 40.4. The SMILES string of the molecule is Cc1cc(C)c(OC(=O)c2ccccc2C(=O)OCCS(=O)(=O)O)c(C)c1. The molecule has 2 aromatic rings. The zero-order valence-corrected chi connectivity index (χ0v) is 16.0. The number of carbonyl (C=O) groups excluding carboxylic acids is 2. The van der Waals surface area contributed by atoms with Crippen molar-refractivity contribution in [3.05, 3.63) is 64.2 Å². The minimum Gasteiger partial charge on any atom is -0.461 e. The van der Waals surface area contributed by atoms with Gasteiger partial charge in [-0.15, -0.1) is 0 Å². The molecule has 8 heteroatoms. The molecule has 2 rings (SSSR count). The first-order valence-electron chi connectivity index (χ1n) is 8.10. The van der Waals surface area contributed by atoms with Gasteiger partial charge in [-0.3, -0.25) is 4.55 Å². The highest BCUT2D eigenvalue weighted by Crippen LogP contribution is 2.26. The summed E-state index contributed by atoms with van der Waals surface area (Å²) >= 11 is 0. The Kier molecular flexibility index (Phi) is 6.35. The van der Waals surface area contributed by atoms with Crippen molar-refractivity contribution in [2.45, 2.75) is 20.8 Å². The lowest BCUT2D eigenvalue weighted by Gasteiger charge is -2.13. The minimum absolute atomic E-state index is 0.00580. The van der Waals surface area contributed by atoms with Gasteiger partial charge in [-0.2, -0.15) is 8.42 Å². The van der Waals surface area contributed by atoms with Gasteiger partial charge in [0.1, 0.15) is 18.1 Å². The molecule has 0 amide bonds. The average molecular weight is 392 g/mol. The lowest BCUT2D eigenvalue weighted by atomic mass is 10.1. The predicted molar refractivity (Wildman–Crippen MR) is 98.8 cm³/mol. The molecule has 0 bridgehead atoms. The van der Waals surface area contributed by atoms with Crippen molar-refractivity contribution in [2.75, 3.05) is 12.4 Å². The minimum atomic E-state index is -4.25.